The van der Waals surface area contributed by atoms with Crippen molar-refractivity contribution >= 4 is 15.9 Å². The fourth-order valence-electron chi connectivity index (χ4n) is 1.46. The number of hydrogen-bond acceptors (Lipinski definition) is 2. The molecule has 1 rings (SSSR count). The van der Waals surface area contributed by atoms with E-state index in [1.165, 1.54) is 5.56 Å². The molecular formula is C12H15BrN2. The highest BCUT2D eigenvalue weighted by molar-refractivity contribution is 9.10. The van der Waals surface area contributed by atoms with Gasteiger partial charge < -0.3 is 0 Å². The number of hydrogen-bond donors (Lipinski definition) is 1. The van der Waals surface area contributed by atoms with Crippen molar-refractivity contribution in [1.29, 1.82) is 5.26 Å². The molecule has 1 N–H and O–H groups in total. The summed E-state index contributed by atoms with van der Waals surface area (Å²) < 4.78 is 1.08. The predicted octanol–water partition coefficient (Wildman–Crippen LogP) is 3.40. The molecule has 0 spiro atoms. The van der Waals surface area contributed by atoms with Crippen LogP contribution in [0.1, 0.15) is 31.9 Å². The monoisotopic (exact) mass is 266 g/mol. The minimum absolute atomic E-state index is 0.0768. The molecule has 0 aromatic heterocycles. The third-order valence-electron chi connectivity index (χ3n) is 2.39. The lowest BCUT2D eigenvalue weighted by molar-refractivity contribution is 0.507. The molecule has 0 aliphatic heterocycles. The van der Waals surface area contributed by atoms with Crippen LogP contribution in [0.25, 0.3) is 0 Å². The summed E-state index contributed by atoms with van der Waals surface area (Å²) in [5, 5.41) is 12.1. The summed E-state index contributed by atoms with van der Waals surface area (Å²) in [5.74, 6) is 0. The van der Waals surface area contributed by atoms with Gasteiger partial charge in [0.25, 0.3) is 0 Å². The van der Waals surface area contributed by atoms with Crippen molar-refractivity contribution in [2.24, 2.45) is 0 Å². The maximum atomic E-state index is 8.87. The second kappa shape index (κ2) is 5.89. The van der Waals surface area contributed by atoms with Crippen molar-refractivity contribution in [2.45, 2.75) is 32.4 Å². The number of benzene rings is 1. The van der Waals surface area contributed by atoms with Gasteiger partial charge in [0.15, 0.2) is 0 Å². The second-order valence-electron chi connectivity index (χ2n) is 3.50. The van der Waals surface area contributed by atoms with Gasteiger partial charge in [-0.3, -0.25) is 5.32 Å². The Labute approximate surface area is 99.4 Å². The van der Waals surface area contributed by atoms with E-state index < -0.39 is 0 Å². The topological polar surface area (TPSA) is 35.8 Å². The molecule has 1 unspecified atom stereocenters. The zero-order valence-electron chi connectivity index (χ0n) is 9.00. The van der Waals surface area contributed by atoms with E-state index in [1.807, 2.05) is 25.1 Å². The number of halogens is 1. The Morgan fingerprint density at radius 3 is 2.67 bits per heavy atom. The zero-order valence-corrected chi connectivity index (χ0v) is 10.6. The molecule has 0 saturated carbocycles. The van der Waals surface area contributed by atoms with Gasteiger partial charge in [0.05, 0.1) is 12.1 Å². The molecule has 0 bridgehead atoms. The maximum absolute atomic E-state index is 8.87. The van der Waals surface area contributed by atoms with Crippen molar-refractivity contribution in [3.63, 3.8) is 0 Å². The lowest BCUT2D eigenvalue weighted by Gasteiger charge is -2.18. The van der Waals surface area contributed by atoms with Gasteiger partial charge >= 0.3 is 0 Å². The van der Waals surface area contributed by atoms with E-state index in [-0.39, 0.29) is 12.1 Å². The molecule has 0 amide bonds. The average molecular weight is 267 g/mol. The standard InChI is InChI=1S/C12H15BrN2/c1-3-10(8-14)15-9(2)11-6-4-5-7-12(11)13/h4-7,9-10,15H,3H2,1-2H3/t9-,10?/m0/s1. The number of nitrogens with zero attached hydrogens (tertiary/aromatic N) is 1. The molecule has 0 saturated heterocycles. The van der Waals surface area contributed by atoms with Crippen molar-refractivity contribution in [3.8, 4) is 6.07 Å². The fraction of sp³-hybridized carbons (Fsp3) is 0.417. The van der Waals surface area contributed by atoms with Gasteiger partial charge in [-0.15, -0.1) is 0 Å². The van der Waals surface area contributed by atoms with Crippen LogP contribution in [0, 0.1) is 11.3 Å². The van der Waals surface area contributed by atoms with Crippen LogP contribution in [0.15, 0.2) is 28.7 Å². The largest absolute Gasteiger partial charge is 0.295 e. The first-order valence-electron chi connectivity index (χ1n) is 5.09. The van der Waals surface area contributed by atoms with E-state index in [9.17, 15) is 0 Å². The highest BCUT2D eigenvalue weighted by Gasteiger charge is 2.12. The molecule has 80 valence electrons. The first kappa shape index (κ1) is 12.2. The summed E-state index contributed by atoms with van der Waals surface area (Å²) >= 11 is 3.51. The van der Waals surface area contributed by atoms with E-state index in [0.717, 1.165) is 10.9 Å². The zero-order chi connectivity index (χ0) is 11.3. The molecule has 0 aliphatic carbocycles. The molecule has 1 aromatic carbocycles. The van der Waals surface area contributed by atoms with Gasteiger partial charge in [0.2, 0.25) is 0 Å². The van der Waals surface area contributed by atoms with E-state index in [2.05, 4.69) is 40.3 Å². The molecule has 3 heteroatoms. The summed E-state index contributed by atoms with van der Waals surface area (Å²) in [7, 11) is 0. The van der Waals surface area contributed by atoms with E-state index >= 15 is 0 Å². The molecular weight excluding hydrogens is 252 g/mol. The van der Waals surface area contributed by atoms with E-state index in [1.54, 1.807) is 0 Å². The van der Waals surface area contributed by atoms with Crippen LogP contribution >= 0.6 is 15.9 Å². The van der Waals surface area contributed by atoms with Gasteiger partial charge in [0.1, 0.15) is 0 Å². The number of rotatable bonds is 4. The Morgan fingerprint density at radius 2 is 2.13 bits per heavy atom. The Balaban J connectivity index is 2.73. The van der Waals surface area contributed by atoms with Gasteiger partial charge in [-0.1, -0.05) is 41.1 Å². The molecule has 15 heavy (non-hydrogen) atoms. The van der Waals surface area contributed by atoms with Crippen LogP contribution in [-0.4, -0.2) is 6.04 Å². The van der Waals surface area contributed by atoms with Crippen molar-refractivity contribution in [3.05, 3.63) is 34.3 Å². The Morgan fingerprint density at radius 1 is 1.47 bits per heavy atom. The highest BCUT2D eigenvalue weighted by Crippen LogP contribution is 2.23. The first-order chi connectivity index (χ1) is 7.19. The van der Waals surface area contributed by atoms with Crippen LogP contribution < -0.4 is 5.32 Å². The normalized spacial score (nSPS) is 14.3. The summed E-state index contributed by atoms with van der Waals surface area (Å²) in [6.07, 6.45) is 0.825. The molecule has 0 heterocycles. The fourth-order valence-corrected chi connectivity index (χ4v) is 2.09. The van der Waals surface area contributed by atoms with E-state index in [0.29, 0.717) is 0 Å². The Bertz CT molecular complexity index is 357. The minimum Gasteiger partial charge on any atom is -0.295 e. The van der Waals surface area contributed by atoms with Crippen molar-refractivity contribution in [2.75, 3.05) is 0 Å². The van der Waals surface area contributed by atoms with Crippen LogP contribution in [0.2, 0.25) is 0 Å². The Kier molecular flexibility index (Phi) is 4.80. The van der Waals surface area contributed by atoms with Crippen LogP contribution in [0.4, 0.5) is 0 Å². The summed E-state index contributed by atoms with van der Waals surface area (Å²) in [4.78, 5) is 0. The van der Waals surface area contributed by atoms with Crippen LogP contribution in [0.3, 0.4) is 0 Å². The SMILES string of the molecule is CCC(C#N)N[C@@H](C)c1ccccc1Br. The van der Waals surface area contributed by atoms with Crippen molar-refractivity contribution in [1.82, 2.24) is 5.32 Å². The van der Waals surface area contributed by atoms with Crippen LogP contribution in [-0.2, 0) is 0 Å². The number of nitriles is 1. The molecule has 2 nitrogen and oxygen atoms in total. The summed E-state index contributed by atoms with van der Waals surface area (Å²) in [5.41, 5.74) is 1.19. The van der Waals surface area contributed by atoms with Crippen LogP contribution in [0.5, 0.6) is 0 Å². The van der Waals surface area contributed by atoms with Crippen molar-refractivity contribution < 1.29 is 0 Å². The molecule has 1 aromatic rings. The van der Waals surface area contributed by atoms with E-state index in [4.69, 9.17) is 5.26 Å². The third kappa shape index (κ3) is 3.33. The lowest BCUT2D eigenvalue weighted by atomic mass is 10.1. The maximum Gasteiger partial charge on any atom is 0.0954 e. The first-order valence-corrected chi connectivity index (χ1v) is 5.88. The molecule has 2 atom stereocenters. The highest BCUT2D eigenvalue weighted by atomic mass is 79.9. The summed E-state index contributed by atoms with van der Waals surface area (Å²) in [6, 6.07) is 10.4. The lowest BCUT2D eigenvalue weighted by Crippen LogP contribution is -2.29. The Hall–Kier alpha value is -0.850. The second-order valence-corrected chi connectivity index (χ2v) is 4.35. The minimum atomic E-state index is -0.0768. The molecule has 0 aliphatic rings. The predicted molar refractivity (Wildman–Crippen MR) is 65.4 cm³/mol. The quantitative estimate of drug-likeness (QED) is 0.907. The third-order valence-corrected chi connectivity index (χ3v) is 3.11. The molecule has 0 radical (unpaired) electrons. The smallest absolute Gasteiger partial charge is 0.0954 e. The van der Waals surface area contributed by atoms with Gasteiger partial charge in [-0.2, -0.15) is 5.26 Å². The molecule has 0 fully saturated rings. The van der Waals surface area contributed by atoms with Gasteiger partial charge in [-0.05, 0) is 25.0 Å². The van der Waals surface area contributed by atoms with Gasteiger partial charge in [0, 0.05) is 10.5 Å². The summed E-state index contributed by atoms with van der Waals surface area (Å²) in [6.45, 7) is 4.08. The average Bonchev–Trinajstić information content (AvgIpc) is 2.26. The number of nitrogens with one attached hydrogen (secondary N) is 1. The van der Waals surface area contributed by atoms with Gasteiger partial charge in [-0.25, -0.2) is 0 Å².